The van der Waals surface area contributed by atoms with Crippen molar-refractivity contribution in [1.29, 1.82) is 0 Å². The maximum absolute atomic E-state index is 12.9. The summed E-state index contributed by atoms with van der Waals surface area (Å²) in [5.41, 5.74) is 0. The van der Waals surface area contributed by atoms with Crippen LogP contribution in [0.3, 0.4) is 0 Å². The number of hydrogen-bond donors (Lipinski definition) is 0. The number of carbonyl (C=O) groups is 3. The number of carbonyl (C=O) groups excluding carboxylic acids is 3. The van der Waals surface area contributed by atoms with Gasteiger partial charge < -0.3 is 33.3 Å². The Bertz CT molecular complexity index is 1670. The average molecular weight is 1150 g/mol. The number of likely N-dealkylation sites (N-methyl/N-ethyl adjacent to an activating group) is 1. The summed E-state index contributed by atoms with van der Waals surface area (Å²) in [6, 6.07) is 0. The maximum atomic E-state index is 12.9. The van der Waals surface area contributed by atoms with Crippen molar-refractivity contribution in [2.24, 2.45) is 0 Å². The number of esters is 2. The Morgan fingerprint density at radius 3 is 1.04 bits per heavy atom. The van der Waals surface area contributed by atoms with E-state index in [-0.39, 0.29) is 38.6 Å². The molecule has 0 radical (unpaired) electrons. The minimum Gasteiger partial charge on any atom is -0.545 e. The molecule has 0 aliphatic rings. The van der Waals surface area contributed by atoms with Crippen LogP contribution in [0, 0.1) is 0 Å². The quantitative estimate of drug-likeness (QED) is 0.0195. The predicted molar refractivity (Wildman–Crippen MR) is 347 cm³/mol. The number of allylic oxidation sites excluding steroid dienone is 16. The highest BCUT2D eigenvalue weighted by atomic mass is 16.7. The van der Waals surface area contributed by atoms with Gasteiger partial charge in [0.1, 0.15) is 13.2 Å². The Morgan fingerprint density at radius 1 is 0.378 bits per heavy atom. The van der Waals surface area contributed by atoms with Crippen LogP contribution in [0.2, 0.25) is 0 Å². The first-order chi connectivity index (χ1) is 40.1. The third-order valence-electron chi connectivity index (χ3n) is 14.6. The Kier molecular flexibility index (Phi) is 60.3. The van der Waals surface area contributed by atoms with E-state index in [1.165, 1.54) is 148 Å². The van der Waals surface area contributed by atoms with Crippen molar-refractivity contribution in [3.05, 3.63) is 97.2 Å². The van der Waals surface area contributed by atoms with Crippen LogP contribution in [0.15, 0.2) is 97.2 Å². The Hall–Kier alpha value is -3.79. The second-order valence-electron chi connectivity index (χ2n) is 23.7. The first kappa shape index (κ1) is 78.2. The molecule has 0 aliphatic heterocycles. The van der Waals surface area contributed by atoms with Gasteiger partial charge in [0, 0.05) is 12.8 Å². The molecular weight excluding hydrogens is 1020 g/mol. The Labute approximate surface area is 505 Å². The van der Waals surface area contributed by atoms with Crippen LogP contribution in [0.5, 0.6) is 0 Å². The molecule has 0 fully saturated rings. The van der Waals surface area contributed by atoms with E-state index in [1.54, 1.807) is 0 Å². The van der Waals surface area contributed by atoms with Crippen molar-refractivity contribution in [3.63, 3.8) is 0 Å². The number of aliphatic carboxylic acids is 1. The minimum atomic E-state index is -1.63. The molecule has 472 valence electrons. The van der Waals surface area contributed by atoms with Crippen molar-refractivity contribution >= 4 is 17.9 Å². The van der Waals surface area contributed by atoms with Crippen molar-refractivity contribution in [3.8, 4) is 0 Å². The molecule has 2 unspecified atom stereocenters. The van der Waals surface area contributed by atoms with Crippen LogP contribution >= 0.6 is 0 Å². The monoisotopic (exact) mass is 1150 g/mol. The summed E-state index contributed by atoms with van der Waals surface area (Å²) in [7, 11) is 5.92. The molecule has 0 aromatic heterocycles. The summed E-state index contributed by atoms with van der Waals surface area (Å²) in [6.45, 7) is 4.65. The van der Waals surface area contributed by atoms with E-state index in [1.807, 2.05) is 21.1 Å². The highest BCUT2D eigenvalue weighted by Crippen LogP contribution is 2.17. The van der Waals surface area contributed by atoms with Gasteiger partial charge >= 0.3 is 11.9 Å². The molecular formula is C73H127NO8. The lowest BCUT2D eigenvalue weighted by molar-refractivity contribution is -0.870. The second kappa shape index (κ2) is 63.2. The van der Waals surface area contributed by atoms with Crippen molar-refractivity contribution in [2.45, 2.75) is 302 Å². The molecule has 0 N–H and O–H groups in total. The van der Waals surface area contributed by atoms with Gasteiger partial charge in [-0.25, -0.2) is 0 Å². The van der Waals surface area contributed by atoms with Gasteiger partial charge in [-0.1, -0.05) is 297 Å². The van der Waals surface area contributed by atoms with Gasteiger partial charge in [0.15, 0.2) is 12.4 Å². The summed E-state index contributed by atoms with van der Waals surface area (Å²) in [5, 5.41) is 11.8. The van der Waals surface area contributed by atoms with Gasteiger partial charge in [-0.05, 0) is 77.0 Å². The molecule has 82 heavy (non-hydrogen) atoms. The SMILES string of the molecule is CC/C=C\C/C=C\C/C=C\C/C=C\C/C=C\C/C=C\C/C=C\C/C=C\CCCCCCCCC(=O)OC(COC(=O)CCCCCCCCCCCCCCCCCCCCCCCCCCCC)COC(OCC[N+](C)(C)C)C(=O)[O-]. The smallest absolute Gasteiger partial charge is 0.306 e. The van der Waals surface area contributed by atoms with E-state index in [0.717, 1.165) is 109 Å². The number of carboxylic acids is 1. The normalized spacial score (nSPS) is 13.3. The van der Waals surface area contributed by atoms with Gasteiger partial charge in [0.05, 0.1) is 40.3 Å². The zero-order valence-electron chi connectivity index (χ0n) is 53.8. The van der Waals surface area contributed by atoms with E-state index in [0.29, 0.717) is 17.4 Å². The van der Waals surface area contributed by atoms with Gasteiger partial charge in [0.2, 0.25) is 0 Å². The first-order valence-electron chi connectivity index (χ1n) is 33.9. The van der Waals surface area contributed by atoms with E-state index in [4.69, 9.17) is 18.9 Å². The number of hydrogen-bond acceptors (Lipinski definition) is 8. The number of ether oxygens (including phenoxy) is 4. The van der Waals surface area contributed by atoms with Crippen LogP contribution < -0.4 is 5.11 Å². The summed E-state index contributed by atoms with van der Waals surface area (Å²) < 4.78 is 22.8. The van der Waals surface area contributed by atoms with Crippen LogP contribution in [-0.4, -0.2) is 82.3 Å². The van der Waals surface area contributed by atoms with Gasteiger partial charge in [0.25, 0.3) is 0 Å². The largest absolute Gasteiger partial charge is 0.545 e. The zero-order chi connectivity index (χ0) is 59.8. The van der Waals surface area contributed by atoms with E-state index in [2.05, 4.69) is 111 Å². The number of carboxylic acid groups (broad SMARTS) is 1. The van der Waals surface area contributed by atoms with Crippen molar-refractivity contribution < 1.29 is 42.9 Å². The minimum absolute atomic E-state index is 0.141. The van der Waals surface area contributed by atoms with Gasteiger partial charge in [-0.3, -0.25) is 9.59 Å². The molecule has 0 bridgehead atoms. The average Bonchev–Trinajstić information content (AvgIpc) is 3.45. The molecule has 0 heterocycles. The molecule has 0 saturated heterocycles. The van der Waals surface area contributed by atoms with Crippen LogP contribution in [0.4, 0.5) is 0 Å². The number of rotatable bonds is 62. The molecule has 9 heteroatoms. The molecule has 0 saturated carbocycles. The summed E-state index contributed by atoms with van der Waals surface area (Å²) >= 11 is 0. The fourth-order valence-corrected chi connectivity index (χ4v) is 9.44. The second-order valence-corrected chi connectivity index (χ2v) is 23.7. The molecule has 9 nitrogen and oxygen atoms in total. The van der Waals surface area contributed by atoms with Gasteiger partial charge in [-0.2, -0.15) is 0 Å². The van der Waals surface area contributed by atoms with Crippen molar-refractivity contribution in [1.82, 2.24) is 0 Å². The lowest BCUT2D eigenvalue weighted by Gasteiger charge is -2.26. The topological polar surface area (TPSA) is 111 Å². The van der Waals surface area contributed by atoms with Crippen LogP contribution in [-0.2, 0) is 33.3 Å². The third-order valence-corrected chi connectivity index (χ3v) is 14.6. The lowest BCUT2D eigenvalue weighted by Crippen LogP contribution is -2.44. The Morgan fingerprint density at radius 2 is 0.695 bits per heavy atom. The molecule has 2 atom stereocenters. The Balaban J connectivity index is 4.20. The molecule has 0 aliphatic carbocycles. The number of quaternary nitrogens is 1. The van der Waals surface area contributed by atoms with E-state index in [9.17, 15) is 19.5 Å². The van der Waals surface area contributed by atoms with E-state index >= 15 is 0 Å². The number of nitrogens with zero attached hydrogens (tertiary/aromatic N) is 1. The van der Waals surface area contributed by atoms with Crippen LogP contribution in [0.25, 0.3) is 0 Å². The van der Waals surface area contributed by atoms with Gasteiger partial charge in [-0.15, -0.1) is 0 Å². The highest BCUT2D eigenvalue weighted by Gasteiger charge is 2.22. The number of unbranched alkanes of at least 4 members (excludes halogenated alkanes) is 31. The van der Waals surface area contributed by atoms with E-state index < -0.39 is 24.3 Å². The molecule has 0 rings (SSSR count). The first-order valence-corrected chi connectivity index (χ1v) is 33.9. The maximum Gasteiger partial charge on any atom is 0.306 e. The summed E-state index contributed by atoms with van der Waals surface area (Å²) in [6.07, 6.45) is 83.4. The lowest BCUT2D eigenvalue weighted by atomic mass is 10.0. The fourth-order valence-electron chi connectivity index (χ4n) is 9.44. The third kappa shape index (κ3) is 63.8. The molecule has 0 amide bonds. The predicted octanol–water partition coefficient (Wildman–Crippen LogP) is 19.5. The summed E-state index contributed by atoms with van der Waals surface area (Å²) in [5.74, 6) is -2.30. The zero-order valence-corrected chi connectivity index (χ0v) is 53.8. The summed E-state index contributed by atoms with van der Waals surface area (Å²) in [4.78, 5) is 37.5. The fraction of sp³-hybridized carbons (Fsp3) is 0.740. The molecule has 0 aromatic carbocycles. The van der Waals surface area contributed by atoms with Crippen molar-refractivity contribution in [2.75, 3.05) is 47.5 Å². The molecule has 0 aromatic rings. The molecule has 0 spiro atoms. The van der Waals surface area contributed by atoms with Crippen LogP contribution in [0.1, 0.15) is 290 Å². The standard InChI is InChI=1S/C73H127NO8/c1-6-8-10-12-14-16-18-20-22-24-26-28-30-32-34-35-36-37-38-40-42-44-46-48-50-52-54-56-58-60-62-64-71(76)82-69(68-81-73(72(77)78)79-66-65-74(3,4)5)67-80-70(75)63-61-59-57-55-53-51-49-47-45-43-41-39-33-31-29-27-25-23-21-19-17-15-13-11-9-7-2/h8,10,14,16,20,22,26,28,32,34,36-37,40,42,46,48,69,73H,6-7,9,11-13,15,17-19,21,23-25,27,29-31,33,35,38-39,41,43-45,47,49-68H2,1-5H3/b10-8-,16-14-,22-20-,28-26-,34-32-,37-36-,42-40-,48-46-. The highest BCUT2D eigenvalue weighted by molar-refractivity contribution is 5.70.